The first-order valence-electron chi connectivity index (χ1n) is 9.09. The van der Waals surface area contributed by atoms with Crippen LogP contribution in [0.5, 0.6) is 0 Å². The molecule has 0 spiro atoms. The van der Waals surface area contributed by atoms with E-state index in [4.69, 9.17) is 4.74 Å². The maximum atomic E-state index is 12.4. The monoisotopic (exact) mass is 324 g/mol. The molecule has 2 aliphatic rings. The summed E-state index contributed by atoms with van der Waals surface area (Å²) in [6.07, 6.45) is 5.65. The van der Waals surface area contributed by atoms with Crippen LogP contribution >= 0.6 is 0 Å². The second-order valence-electron chi connectivity index (χ2n) is 7.88. The molecule has 132 valence electrons. The molecule has 23 heavy (non-hydrogen) atoms. The Balaban J connectivity index is 1.96. The van der Waals surface area contributed by atoms with Crippen molar-refractivity contribution in [1.82, 2.24) is 9.80 Å². The van der Waals surface area contributed by atoms with Crippen molar-refractivity contribution in [3.63, 3.8) is 0 Å². The summed E-state index contributed by atoms with van der Waals surface area (Å²) in [5, 5.41) is 0. The van der Waals surface area contributed by atoms with E-state index in [1.807, 2.05) is 25.7 Å². The van der Waals surface area contributed by atoms with Crippen LogP contribution in [0.2, 0.25) is 0 Å². The Morgan fingerprint density at radius 1 is 1.13 bits per heavy atom. The molecule has 0 aromatic heterocycles. The first-order chi connectivity index (χ1) is 10.8. The van der Waals surface area contributed by atoms with Gasteiger partial charge in [-0.1, -0.05) is 6.92 Å². The Morgan fingerprint density at radius 3 is 2.52 bits per heavy atom. The van der Waals surface area contributed by atoms with Crippen molar-refractivity contribution < 1.29 is 14.3 Å². The zero-order chi connectivity index (χ0) is 17.0. The third-order valence-electron chi connectivity index (χ3n) is 4.75. The highest BCUT2D eigenvalue weighted by atomic mass is 16.6. The Morgan fingerprint density at radius 2 is 1.87 bits per heavy atom. The third-order valence-corrected chi connectivity index (χ3v) is 4.75. The summed E-state index contributed by atoms with van der Waals surface area (Å²) in [5.74, 6) is 0.677. The smallest absolute Gasteiger partial charge is 0.410 e. The lowest BCUT2D eigenvalue weighted by atomic mass is 9.89. The minimum absolute atomic E-state index is 0.220. The molecule has 0 bridgehead atoms. The van der Waals surface area contributed by atoms with Gasteiger partial charge in [-0.25, -0.2) is 4.79 Å². The Labute approximate surface area is 140 Å². The molecule has 2 heterocycles. The Bertz CT molecular complexity index is 430. The third kappa shape index (κ3) is 4.85. The van der Waals surface area contributed by atoms with Gasteiger partial charge < -0.3 is 14.5 Å². The van der Waals surface area contributed by atoms with Crippen LogP contribution in [0, 0.1) is 5.92 Å². The van der Waals surface area contributed by atoms with Crippen LogP contribution in [0.1, 0.15) is 66.2 Å². The number of rotatable bonds is 3. The summed E-state index contributed by atoms with van der Waals surface area (Å²) in [7, 11) is 0. The molecule has 0 aromatic rings. The number of hydrogen-bond donors (Lipinski definition) is 0. The van der Waals surface area contributed by atoms with Crippen molar-refractivity contribution in [2.45, 2.75) is 77.9 Å². The summed E-state index contributed by atoms with van der Waals surface area (Å²) in [5.41, 5.74) is -0.455. The predicted molar refractivity (Wildman–Crippen MR) is 90.2 cm³/mol. The van der Waals surface area contributed by atoms with E-state index >= 15 is 0 Å². The number of carbonyl (C=O) groups excluding carboxylic acids is 2. The lowest BCUT2D eigenvalue weighted by molar-refractivity contribution is -0.136. The molecule has 2 saturated heterocycles. The quantitative estimate of drug-likeness (QED) is 0.799. The highest BCUT2D eigenvalue weighted by Crippen LogP contribution is 2.31. The molecular formula is C18H32N2O3. The Hall–Kier alpha value is -1.26. The van der Waals surface area contributed by atoms with E-state index in [9.17, 15) is 9.59 Å². The summed E-state index contributed by atoms with van der Waals surface area (Å²) in [4.78, 5) is 28.5. The standard InChI is InChI=1S/C18H32N2O3/c1-5-8-16(21)20-11-7-6-9-15(20)14-10-12-19(13-14)17(22)23-18(2,3)4/h14-15H,5-13H2,1-4H3/t14-,15+/m0/s1. The first-order valence-corrected chi connectivity index (χ1v) is 9.09. The van der Waals surface area contributed by atoms with Gasteiger partial charge in [0, 0.05) is 32.1 Å². The lowest BCUT2D eigenvalue weighted by Crippen LogP contribution is -2.48. The van der Waals surface area contributed by atoms with Gasteiger partial charge in [-0.15, -0.1) is 0 Å². The predicted octanol–water partition coefficient (Wildman–Crippen LogP) is 3.42. The molecular weight excluding hydrogens is 292 g/mol. The number of carbonyl (C=O) groups is 2. The Kier molecular flexibility index (Phi) is 5.93. The summed E-state index contributed by atoms with van der Waals surface area (Å²) >= 11 is 0. The van der Waals surface area contributed by atoms with E-state index in [0.29, 0.717) is 18.4 Å². The summed E-state index contributed by atoms with van der Waals surface area (Å²) in [6, 6.07) is 0.301. The van der Waals surface area contributed by atoms with Crippen molar-refractivity contribution in [3.8, 4) is 0 Å². The average Bonchev–Trinajstić information content (AvgIpc) is 2.95. The highest BCUT2D eigenvalue weighted by molar-refractivity contribution is 5.76. The molecule has 2 fully saturated rings. The molecule has 0 aromatic carbocycles. The second-order valence-corrected chi connectivity index (χ2v) is 7.88. The maximum Gasteiger partial charge on any atom is 0.410 e. The van der Waals surface area contributed by atoms with Crippen LogP contribution < -0.4 is 0 Å². The zero-order valence-electron chi connectivity index (χ0n) is 15.1. The summed E-state index contributed by atoms with van der Waals surface area (Å²) < 4.78 is 5.48. The molecule has 5 nitrogen and oxygen atoms in total. The van der Waals surface area contributed by atoms with Crippen molar-refractivity contribution in [1.29, 1.82) is 0 Å². The molecule has 5 heteroatoms. The molecule has 0 saturated carbocycles. The van der Waals surface area contributed by atoms with E-state index in [1.54, 1.807) is 0 Å². The molecule has 2 amide bonds. The topological polar surface area (TPSA) is 49.9 Å². The van der Waals surface area contributed by atoms with Crippen molar-refractivity contribution in [2.75, 3.05) is 19.6 Å². The van der Waals surface area contributed by atoms with E-state index in [2.05, 4.69) is 11.8 Å². The van der Waals surface area contributed by atoms with Gasteiger partial charge in [-0.3, -0.25) is 4.79 Å². The average molecular weight is 324 g/mol. The molecule has 0 aliphatic carbocycles. The van der Waals surface area contributed by atoms with Crippen molar-refractivity contribution in [2.24, 2.45) is 5.92 Å². The van der Waals surface area contributed by atoms with E-state index in [1.165, 1.54) is 6.42 Å². The summed E-state index contributed by atoms with van der Waals surface area (Å²) in [6.45, 7) is 10.1. The number of ether oxygens (including phenoxy) is 1. The SMILES string of the molecule is CCCC(=O)N1CCCC[C@@H]1[C@H]1CCN(C(=O)OC(C)(C)C)C1. The highest BCUT2D eigenvalue weighted by Gasteiger charge is 2.38. The first kappa shape index (κ1) is 18.1. The van der Waals surface area contributed by atoms with Crippen LogP contribution in [-0.2, 0) is 9.53 Å². The number of likely N-dealkylation sites (tertiary alicyclic amines) is 2. The molecule has 0 N–H and O–H groups in total. The van der Waals surface area contributed by atoms with Crippen LogP contribution in [0.15, 0.2) is 0 Å². The maximum absolute atomic E-state index is 12.4. The van der Waals surface area contributed by atoms with Gasteiger partial charge in [0.15, 0.2) is 0 Å². The molecule has 2 aliphatic heterocycles. The zero-order valence-corrected chi connectivity index (χ0v) is 15.1. The molecule has 2 atom stereocenters. The van der Waals surface area contributed by atoms with Gasteiger partial charge in [0.1, 0.15) is 5.60 Å². The van der Waals surface area contributed by atoms with Crippen LogP contribution in [0.3, 0.4) is 0 Å². The number of hydrogen-bond acceptors (Lipinski definition) is 3. The second kappa shape index (κ2) is 7.54. The van der Waals surface area contributed by atoms with Crippen molar-refractivity contribution in [3.05, 3.63) is 0 Å². The lowest BCUT2D eigenvalue weighted by Gasteiger charge is -2.39. The number of nitrogens with zero attached hydrogens (tertiary/aromatic N) is 2. The van der Waals surface area contributed by atoms with Gasteiger partial charge >= 0.3 is 6.09 Å². The fraction of sp³-hybridized carbons (Fsp3) is 0.889. The number of amides is 2. The van der Waals surface area contributed by atoms with E-state index in [0.717, 1.165) is 45.3 Å². The normalized spacial score (nSPS) is 25.6. The van der Waals surface area contributed by atoms with Gasteiger partial charge in [0.25, 0.3) is 0 Å². The van der Waals surface area contributed by atoms with Crippen molar-refractivity contribution >= 4 is 12.0 Å². The van der Waals surface area contributed by atoms with Crippen LogP contribution in [0.4, 0.5) is 4.79 Å². The fourth-order valence-corrected chi connectivity index (χ4v) is 3.71. The molecule has 0 unspecified atom stereocenters. The minimum Gasteiger partial charge on any atom is -0.444 e. The minimum atomic E-state index is -0.455. The van der Waals surface area contributed by atoms with Gasteiger partial charge in [0.2, 0.25) is 5.91 Å². The molecule has 2 rings (SSSR count). The fourth-order valence-electron chi connectivity index (χ4n) is 3.71. The van der Waals surface area contributed by atoms with E-state index < -0.39 is 5.60 Å². The van der Waals surface area contributed by atoms with Crippen LogP contribution in [-0.4, -0.2) is 53.1 Å². The number of piperidine rings is 1. The molecule has 0 radical (unpaired) electrons. The van der Waals surface area contributed by atoms with Crippen LogP contribution in [0.25, 0.3) is 0 Å². The van der Waals surface area contributed by atoms with Gasteiger partial charge in [-0.2, -0.15) is 0 Å². The van der Waals surface area contributed by atoms with Gasteiger partial charge in [-0.05, 0) is 58.8 Å². The van der Waals surface area contributed by atoms with E-state index in [-0.39, 0.29) is 12.0 Å². The van der Waals surface area contributed by atoms with Gasteiger partial charge in [0.05, 0.1) is 0 Å². The largest absolute Gasteiger partial charge is 0.444 e.